The predicted molar refractivity (Wildman–Crippen MR) is 90.6 cm³/mol. The number of carbonyl (C=O) groups is 1. The Morgan fingerprint density at radius 1 is 1.33 bits per heavy atom. The minimum Gasteiger partial charge on any atom is -0.494 e. The summed E-state index contributed by atoms with van der Waals surface area (Å²) in [6.07, 6.45) is 3.47. The summed E-state index contributed by atoms with van der Waals surface area (Å²) in [5.41, 5.74) is 2.34. The zero-order chi connectivity index (χ0) is 17.1. The Morgan fingerprint density at radius 2 is 2.08 bits per heavy atom. The number of ether oxygens (including phenoxy) is 1. The number of rotatable bonds is 4. The SMILES string of the molecule is COc1ccc(C)cc1-n1ccc(C(=O)N2CCC(CO)CC2)n1. The molecular formula is C18H23N3O3. The van der Waals surface area contributed by atoms with Gasteiger partial charge < -0.3 is 14.7 Å². The third-order valence-electron chi connectivity index (χ3n) is 4.55. The monoisotopic (exact) mass is 329 g/mol. The lowest BCUT2D eigenvalue weighted by atomic mass is 9.98. The van der Waals surface area contributed by atoms with Crippen LogP contribution in [0.25, 0.3) is 5.69 Å². The molecule has 1 saturated heterocycles. The molecule has 6 heteroatoms. The average Bonchev–Trinajstić information content (AvgIpc) is 3.11. The number of aromatic nitrogens is 2. The molecule has 2 aromatic rings. The van der Waals surface area contributed by atoms with Gasteiger partial charge in [-0.15, -0.1) is 0 Å². The largest absolute Gasteiger partial charge is 0.494 e. The maximum atomic E-state index is 12.6. The first-order chi connectivity index (χ1) is 11.6. The quantitative estimate of drug-likeness (QED) is 0.932. The Kier molecular flexibility index (Phi) is 4.85. The van der Waals surface area contributed by atoms with E-state index in [9.17, 15) is 9.90 Å². The Bertz CT molecular complexity index is 718. The zero-order valence-electron chi connectivity index (χ0n) is 14.1. The fourth-order valence-electron chi connectivity index (χ4n) is 3.03. The third kappa shape index (κ3) is 3.28. The van der Waals surface area contributed by atoms with Gasteiger partial charge in [-0.05, 0) is 49.4 Å². The van der Waals surface area contributed by atoms with Crippen molar-refractivity contribution in [1.82, 2.24) is 14.7 Å². The second-order valence-corrected chi connectivity index (χ2v) is 6.24. The molecule has 0 saturated carbocycles. The van der Waals surface area contributed by atoms with Gasteiger partial charge in [0.25, 0.3) is 5.91 Å². The van der Waals surface area contributed by atoms with E-state index in [2.05, 4.69) is 5.10 Å². The van der Waals surface area contributed by atoms with Crippen LogP contribution in [-0.2, 0) is 0 Å². The van der Waals surface area contributed by atoms with Crippen LogP contribution < -0.4 is 4.74 Å². The van der Waals surface area contributed by atoms with Gasteiger partial charge in [0.1, 0.15) is 11.4 Å². The first-order valence-corrected chi connectivity index (χ1v) is 8.23. The molecule has 0 bridgehead atoms. The summed E-state index contributed by atoms with van der Waals surface area (Å²) in [5, 5.41) is 13.6. The van der Waals surface area contributed by atoms with E-state index in [1.54, 1.807) is 24.1 Å². The van der Waals surface area contributed by atoms with Gasteiger partial charge in [0.15, 0.2) is 5.69 Å². The number of aryl methyl sites for hydroxylation is 1. The van der Waals surface area contributed by atoms with Crippen molar-refractivity contribution < 1.29 is 14.6 Å². The van der Waals surface area contributed by atoms with Crippen LogP contribution >= 0.6 is 0 Å². The van der Waals surface area contributed by atoms with E-state index in [-0.39, 0.29) is 12.5 Å². The van der Waals surface area contributed by atoms with Crippen molar-refractivity contribution in [2.45, 2.75) is 19.8 Å². The predicted octanol–water partition coefficient (Wildman–Crippen LogP) is 2.03. The van der Waals surface area contributed by atoms with Crippen LogP contribution in [0.4, 0.5) is 0 Å². The summed E-state index contributed by atoms with van der Waals surface area (Å²) in [6, 6.07) is 7.59. The van der Waals surface area contributed by atoms with Crippen LogP contribution in [0.5, 0.6) is 5.75 Å². The van der Waals surface area contributed by atoms with E-state index in [1.165, 1.54) is 0 Å². The number of piperidine rings is 1. The summed E-state index contributed by atoms with van der Waals surface area (Å²) in [6.45, 7) is 3.54. The molecule has 1 amide bonds. The highest BCUT2D eigenvalue weighted by Gasteiger charge is 2.24. The first kappa shape index (κ1) is 16.5. The average molecular weight is 329 g/mol. The number of aliphatic hydroxyl groups is 1. The Hall–Kier alpha value is -2.34. The first-order valence-electron chi connectivity index (χ1n) is 8.23. The van der Waals surface area contributed by atoms with E-state index < -0.39 is 0 Å². The van der Waals surface area contributed by atoms with Gasteiger partial charge in [-0.25, -0.2) is 4.68 Å². The van der Waals surface area contributed by atoms with Crippen molar-refractivity contribution in [2.24, 2.45) is 5.92 Å². The number of benzene rings is 1. The summed E-state index contributed by atoms with van der Waals surface area (Å²) in [5.74, 6) is 0.964. The van der Waals surface area contributed by atoms with Gasteiger partial charge in [-0.2, -0.15) is 5.10 Å². The van der Waals surface area contributed by atoms with Gasteiger partial charge >= 0.3 is 0 Å². The third-order valence-corrected chi connectivity index (χ3v) is 4.55. The van der Waals surface area contributed by atoms with Gasteiger partial charge in [0, 0.05) is 25.9 Å². The molecular weight excluding hydrogens is 306 g/mol. The van der Waals surface area contributed by atoms with E-state index in [1.807, 2.05) is 30.0 Å². The lowest BCUT2D eigenvalue weighted by Crippen LogP contribution is -2.39. The molecule has 0 spiro atoms. The van der Waals surface area contributed by atoms with Gasteiger partial charge in [-0.1, -0.05) is 6.07 Å². The number of hydrogen-bond acceptors (Lipinski definition) is 4. The second kappa shape index (κ2) is 7.05. The Balaban J connectivity index is 1.79. The van der Waals surface area contributed by atoms with Gasteiger partial charge in [0.2, 0.25) is 0 Å². The van der Waals surface area contributed by atoms with Gasteiger partial charge in [-0.3, -0.25) is 4.79 Å². The minimum atomic E-state index is -0.0586. The molecule has 2 heterocycles. The minimum absolute atomic E-state index is 0.0586. The van der Waals surface area contributed by atoms with E-state index in [0.29, 0.717) is 30.5 Å². The molecule has 0 atom stereocenters. The summed E-state index contributed by atoms with van der Waals surface area (Å²) < 4.78 is 7.07. The number of likely N-dealkylation sites (tertiary alicyclic amines) is 1. The topological polar surface area (TPSA) is 67.6 Å². The molecule has 1 aromatic heterocycles. The van der Waals surface area contributed by atoms with E-state index in [4.69, 9.17) is 4.74 Å². The standard InChI is InChI=1S/C18H23N3O3/c1-13-3-4-17(24-2)16(11-13)21-10-7-15(19-21)18(23)20-8-5-14(12-22)6-9-20/h3-4,7,10-11,14,22H,5-6,8-9,12H2,1-2H3. The number of aliphatic hydroxyl groups excluding tert-OH is 1. The Labute approximate surface area is 141 Å². The number of carbonyl (C=O) groups excluding carboxylic acids is 1. The molecule has 6 nitrogen and oxygen atoms in total. The van der Waals surface area contributed by atoms with Crippen LogP contribution in [0.2, 0.25) is 0 Å². The highest BCUT2D eigenvalue weighted by molar-refractivity contribution is 5.92. The molecule has 0 aliphatic carbocycles. The van der Waals surface area contributed by atoms with Crippen molar-refractivity contribution in [3.63, 3.8) is 0 Å². The van der Waals surface area contributed by atoms with Gasteiger partial charge in [0.05, 0.1) is 7.11 Å². The van der Waals surface area contributed by atoms with Crippen LogP contribution in [0.1, 0.15) is 28.9 Å². The highest BCUT2D eigenvalue weighted by atomic mass is 16.5. The van der Waals surface area contributed by atoms with Crippen LogP contribution in [0.15, 0.2) is 30.5 Å². The van der Waals surface area contributed by atoms with Crippen LogP contribution in [0, 0.1) is 12.8 Å². The lowest BCUT2D eigenvalue weighted by molar-refractivity contribution is 0.0644. The molecule has 1 aliphatic rings. The molecule has 0 radical (unpaired) electrons. The fraction of sp³-hybridized carbons (Fsp3) is 0.444. The Morgan fingerprint density at radius 3 is 2.75 bits per heavy atom. The van der Waals surface area contributed by atoms with E-state index in [0.717, 1.165) is 24.1 Å². The fourth-order valence-corrected chi connectivity index (χ4v) is 3.03. The summed E-state index contributed by atoms with van der Waals surface area (Å²) in [4.78, 5) is 14.4. The molecule has 1 N–H and O–H groups in total. The van der Waals surface area contributed by atoms with Crippen molar-refractivity contribution in [3.8, 4) is 11.4 Å². The van der Waals surface area contributed by atoms with Crippen molar-refractivity contribution in [1.29, 1.82) is 0 Å². The number of hydrogen-bond donors (Lipinski definition) is 1. The molecule has 1 fully saturated rings. The summed E-state index contributed by atoms with van der Waals surface area (Å²) >= 11 is 0. The van der Waals surface area contributed by atoms with Crippen molar-refractivity contribution in [3.05, 3.63) is 41.7 Å². The molecule has 128 valence electrons. The molecule has 0 unspecified atom stereocenters. The zero-order valence-corrected chi connectivity index (χ0v) is 14.1. The van der Waals surface area contributed by atoms with Crippen LogP contribution in [0.3, 0.4) is 0 Å². The number of methoxy groups -OCH3 is 1. The smallest absolute Gasteiger partial charge is 0.274 e. The second-order valence-electron chi connectivity index (χ2n) is 6.24. The maximum absolute atomic E-state index is 12.6. The molecule has 1 aliphatic heterocycles. The van der Waals surface area contributed by atoms with Crippen molar-refractivity contribution in [2.75, 3.05) is 26.8 Å². The molecule has 24 heavy (non-hydrogen) atoms. The number of amides is 1. The van der Waals surface area contributed by atoms with E-state index >= 15 is 0 Å². The van der Waals surface area contributed by atoms with Crippen LogP contribution in [-0.4, -0.2) is 52.5 Å². The molecule has 3 rings (SSSR count). The normalized spacial score (nSPS) is 15.5. The van der Waals surface area contributed by atoms with Crippen molar-refractivity contribution >= 4 is 5.91 Å². The molecule has 1 aromatic carbocycles. The highest BCUT2D eigenvalue weighted by Crippen LogP contribution is 2.24. The summed E-state index contributed by atoms with van der Waals surface area (Å²) in [7, 11) is 1.62. The lowest BCUT2D eigenvalue weighted by Gasteiger charge is -2.30. The number of nitrogens with zero attached hydrogens (tertiary/aromatic N) is 3. The maximum Gasteiger partial charge on any atom is 0.274 e.